The lowest BCUT2D eigenvalue weighted by Gasteiger charge is -2.37. The topological polar surface area (TPSA) is 102 Å². The van der Waals surface area contributed by atoms with Gasteiger partial charge >= 0.3 is 5.97 Å². The predicted molar refractivity (Wildman–Crippen MR) is 110 cm³/mol. The second-order valence-electron chi connectivity index (χ2n) is 7.85. The number of hydrogen-bond donors (Lipinski definition) is 1. The van der Waals surface area contributed by atoms with Crippen LogP contribution in [0.4, 0.5) is 0 Å². The number of methoxy groups -OCH3 is 4. The standard InChI is InChI=1S/C23H24O9/c1-26-13-5-10(6-14(27-2)20(13)28-3)16-11-7-15-21(32-9-31-15)22(29-4)18(11)19(24)12-8-30-23(25)17(12)16/h5-7,12,16-17,19,24H,8-9H2,1-4H3/t12-,16+,17-,19+/m0/s1. The van der Waals surface area contributed by atoms with Gasteiger partial charge in [0, 0.05) is 17.4 Å². The minimum atomic E-state index is -0.968. The fourth-order valence-electron chi connectivity index (χ4n) is 5.11. The number of aliphatic hydroxyl groups excluding tert-OH is 1. The number of ether oxygens (including phenoxy) is 7. The van der Waals surface area contributed by atoms with Gasteiger partial charge in [-0.05, 0) is 29.3 Å². The van der Waals surface area contributed by atoms with E-state index < -0.39 is 23.9 Å². The van der Waals surface area contributed by atoms with Crippen LogP contribution in [-0.4, -0.2) is 52.9 Å². The van der Waals surface area contributed by atoms with Gasteiger partial charge in [-0.25, -0.2) is 0 Å². The number of carbonyl (C=O) groups is 1. The van der Waals surface area contributed by atoms with E-state index in [4.69, 9.17) is 33.2 Å². The lowest BCUT2D eigenvalue weighted by atomic mass is 9.66. The molecule has 1 fully saturated rings. The Labute approximate surface area is 184 Å². The first kappa shape index (κ1) is 20.6. The van der Waals surface area contributed by atoms with E-state index in [1.807, 2.05) is 12.1 Å². The molecule has 0 unspecified atom stereocenters. The molecule has 0 aromatic heterocycles. The molecule has 9 nitrogen and oxygen atoms in total. The third-order valence-electron chi connectivity index (χ3n) is 6.49. The zero-order valence-corrected chi connectivity index (χ0v) is 18.2. The molecule has 170 valence electrons. The SMILES string of the molecule is COc1cc([C@@H]2c3cc4c(c(OC)c3[C@H](O)[C@H]3COC(=O)[C@H]23)OCO4)cc(OC)c1OC. The van der Waals surface area contributed by atoms with Gasteiger partial charge in [-0.1, -0.05) is 0 Å². The molecule has 0 radical (unpaired) electrons. The van der Waals surface area contributed by atoms with Crippen LogP contribution in [0, 0.1) is 11.8 Å². The molecule has 1 saturated heterocycles. The summed E-state index contributed by atoms with van der Waals surface area (Å²) in [4.78, 5) is 12.9. The molecule has 2 aromatic carbocycles. The monoisotopic (exact) mass is 444 g/mol. The first-order valence-corrected chi connectivity index (χ1v) is 10.2. The molecule has 4 atom stereocenters. The molecule has 3 aliphatic rings. The Morgan fingerprint density at radius 3 is 2.22 bits per heavy atom. The van der Waals surface area contributed by atoms with Crippen molar-refractivity contribution in [3.05, 3.63) is 34.9 Å². The summed E-state index contributed by atoms with van der Waals surface area (Å²) in [7, 11) is 6.12. The van der Waals surface area contributed by atoms with Crippen LogP contribution in [0.1, 0.15) is 28.7 Å². The molecular weight excluding hydrogens is 420 g/mol. The van der Waals surface area contributed by atoms with Gasteiger partial charge in [-0.3, -0.25) is 4.79 Å². The number of fused-ring (bicyclic) bond motifs is 3. The van der Waals surface area contributed by atoms with E-state index in [0.717, 1.165) is 5.56 Å². The zero-order valence-electron chi connectivity index (χ0n) is 18.2. The van der Waals surface area contributed by atoms with Crippen molar-refractivity contribution >= 4 is 5.97 Å². The van der Waals surface area contributed by atoms with Gasteiger partial charge < -0.3 is 38.3 Å². The first-order chi connectivity index (χ1) is 15.5. The molecule has 2 aromatic rings. The van der Waals surface area contributed by atoms with Gasteiger partial charge in [-0.15, -0.1) is 0 Å². The number of rotatable bonds is 5. The smallest absolute Gasteiger partial charge is 0.310 e. The number of carbonyl (C=O) groups excluding carboxylic acids is 1. The van der Waals surface area contributed by atoms with Crippen LogP contribution in [0.3, 0.4) is 0 Å². The highest BCUT2D eigenvalue weighted by Gasteiger charge is 2.53. The normalized spacial score (nSPS) is 25.0. The second kappa shape index (κ2) is 7.67. The van der Waals surface area contributed by atoms with Crippen molar-refractivity contribution in [1.29, 1.82) is 0 Å². The zero-order chi connectivity index (χ0) is 22.6. The van der Waals surface area contributed by atoms with E-state index in [9.17, 15) is 9.90 Å². The Kier molecular flexibility index (Phi) is 4.93. The molecule has 9 heteroatoms. The lowest BCUT2D eigenvalue weighted by molar-refractivity contribution is -0.141. The predicted octanol–water partition coefficient (Wildman–Crippen LogP) is 2.42. The Balaban J connectivity index is 1.79. The molecule has 0 saturated carbocycles. The van der Waals surface area contributed by atoms with E-state index >= 15 is 0 Å². The molecule has 1 N–H and O–H groups in total. The van der Waals surface area contributed by atoms with E-state index in [1.54, 1.807) is 6.07 Å². The maximum atomic E-state index is 12.9. The van der Waals surface area contributed by atoms with E-state index in [0.29, 0.717) is 45.6 Å². The molecule has 5 rings (SSSR count). The van der Waals surface area contributed by atoms with Crippen molar-refractivity contribution in [2.45, 2.75) is 12.0 Å². The number of benzene rings is 2. The second-order valence-corrected chi connectivity index (χ2v) is 7.85. The van der Waals surface area contributed by atoms with Gasteiger partial charge in [-0.2, -0.15) is 0 Å². The number of aliphatic hydroxyl groups is 1. The number of cyclic esters (lactones) is 1. The molecule has 2 heterocycles. The Morgan fingerprint density at radius 1 is 0.906 bits per heavy atom. The third kappa shape index (κ3) is 2.77. The van der Waals surface area contributed by atoms with Gasteiger partial charge in [0.15, 0.2) is 23.0 Å². The third-order valence-corrected chi connectivity index (χ3v) is 6.49. The highest BCUT2D eigenvalue weighted by Crippen LogP contribution is 2.59. The van der Waals surface area contributed by atoms with Crippen molar-refractivity contribution in [3.8, 4) is 34.5 Å². The average molecular weight is 444 g/mol. The Morgan fingerprint density at radius 2 is 1.59 bits per heavy atom. The molecule has 0 bridgehead atoms. The van der Waals surface area contributed by atoms with Gasteiger partial charge in [0.05, 0.1) is 47.1 Å². The highest BCUT2D eigenvalue weighted by atomic mass is 16.7. The van der Waals surface area contributed by atoms with Gasteiger partial charge in [0.25, 0.3) is 0 Å². The van der Waals surface area contributed by atoms with Crippen LogP contribution in [0.25, 0.3) is 0 Å². The summed E-state index contributed by atoms with van der Waals surface area (Å²) < 4.78 is 38.8. The van der Waals surface area contributed by atoms with Gasteiger partial charge in [0.1, 0.15) is 0 Å². The van der Waals surface area contributed by atoms with Crippen LogP contribution in [0.5, 0.6) is 34.5 Å². The van der Waals surface area contributed by atoms with E-state index in [-0.39, 0.29) is 19.4 Å². The van der Waals surface area contributed by atoms with Crippen molar-refractivity contribution in [1.82, 2.24) is 0 Å². The van der Waals surface area contributed by atoms with Crippen LogP contribution in [0.2, 0.25) is 0 Å². The van der Waals surface area contributed by atoms with Crippen molar-refractivity contribution in [2.75, 3.05) is 41.8 Å². The van der Waals surface area contributed by atoms with Crippen LogP contribution in [-0.2, 0) is 9.53 Å². The fraction of sp³-hybridized carbons (Fsp3) is 0.435. The van der Waals surface area contributed by atoms with Gasteiger partial charge in [0.2, 0.25) is 18.3 Å². The maximum Gasteiger partial charge on any atom is 0.310 e. The largest absolute Gasteiger partial charge is 0.493 e. The fourth-order valence-corrected chi connectivity index (χ4v) is 5.11. The Bertz CT molecular complexity index is 1050. The van der Waals surface area contributed by atoms with Crippen molar-refractivity contribution < 1.29 is 43.1 Å². The molecular formula is C23H24O9. The maximum absolute atomic E-state index is 12.9. The number of esters is 1. The van der Waals surface area contributed by atoms with Crippen LogP contribution >= 0.6 is 0 Å². The summed E-state index contributed by atoms with van der Waals surface area (Å²) in [5.74, 6) is 0.823. The minimum absolute atomic E-state index is 0.0500. The first-order valence-electron chi connectivity index (χ1n) is 10.2. The summed E-state index contributed by atoms with van der Waals surface area (Å²) in [6.07, 6.45) is -0.968. The Hall–Kier alpha value is -3.33. The quantitative estimate of drug-likeness (QED) is 0.697. The van der Waals surface area contributed by atoms with E-state index in [1.165, 1.54) is 28.4 Å². The number of hydrogen-bond acceptors (Lipinski definition) is 9. The molecule has 0 amide bonds. The molecule has 1 aliphatic carbocycles. The average Bonchev–Trinajstić information content (AvgIpc) is 3.44. The van der Waals surface area contributed by atoms with Crippen LogP contribution < -0.4 is 28.4 Å². The van der Waals surface area contributed by atoms with Crippen molar-refractivity contribution in [3.63, 3.8) is 0 Å². The minimum Gasteiger partial charge on any atom is -0.493 e. The summed E-state index contributed by atoms with van der Waals surface area (Å²) in [5, 5.41) is 11.3. The summed E-state index contributed by atoms with van der Waals surface area (Å²) >= 11 is 0. The molecule has 0 spiro atoms. The molecule has 2 aliphatic heterocycles. The summed E-state index contributed by atoms with van der Waals surface area (Å²) in [6, 6.07) is 5.43. The lowest BCUT2D eigenvalue weighted by Crippen LogP contribution is -2.35. The summed E-state index contributed by atoms with van der Waals surface area (Å²) in [6.45, 7) is 0.164. The summed E-state index contributed by atoms with van der Waals surface area (Å²) in [5.41, 5.74) is 2.02. The van der Waals surface area contributed by atoms with Crippen LogP contribution in [0.15, 0.2) is 18.2 Å². The van der Waals surface area contributed by atoms with Crippen molar-refractivity contribution in [2.24, 2.45) is 11.8 Å². The molecule has 32 heavy (non-hydrogen) atoms. The highest BCUT2D eigenvalue weighted by molar-refractivity contribution is 5.79. The van der Waals surface area contributed by atoms with E-state index in [2.05, 4.69) is 0 Å².